The van der Waals surface area contributed by atoms with Crippen molar-refractivity contribution < 1.29 is 0 Å². The van der Waals surface area contributed by atoms with Crippen LogP contribution in [0.3, 0.4) is 0 Å². The minimum absolute atomic E-state index is 0.554. The molecule has 4 nitrogen and oxygen atoms in total. The fourth-order valence-corrected chi connectivity index (χ4v) is 2.62. The highest BCUT2D eigenvalue weighted by atomic mass is 15.3. The molecule has 0 fully saturated rings. The van der Waals surface area contributed by atoms with Gasteiger partial charge in [-0.3, -0.25) is 4.90 Å². The van der Waals surface area contributed by atoms with Crippen LogP contribution in [-0.2, 0) is 13.1 Å². The molecule has 18 heavy (non-hydrogen) atoms. The maximum absolute atomic E-state index is 4.44. The van der Waals surface area contributed by atoms with E-state index < -0.39 is 0 Å². The van der Waals surface area contributed by atoms with Gasteiger partial charge in [0.25, 0.3) is 0 Å². The Morgan fingerprint density at radius 1 is 1.28 bits per heavy atom. The Balaban J connectivity index is 1.99. The number of aromatic nitrogens is 2. The third kappa shape index (κ3) is 3.12. The van der Waals surface area contributed by atoms with E-state index in [1.54, 1.807) is 0 Å². The molecule has 1 atom stereocenters. The molecule has 0 saturated heterocycles. The largest absolute Gasteiger partial charge is 0.333 e. The average Bonchev–Trinajstić information content (AvgIpc) is 2.75. The Morgan fingerprint density at radius 3 is 2.72 bits per heavy atom. The lowest BCUT2D eigenvalue weighted by atomic mass is 10.0. The Bertz CT molecular complexity index is 370. The van der Waals surface area contributed by atoms with Gasteiger partial charge < -0.3 is 9.88 Å². The molecule has 1 aliphatic rings. The Kier molecular flexibility index (Phi) is 4.40. The molecule has 4 heteroatoms. The van der Waals surface area contributed by atoms with Crippen molar-refractivity contribution in [3.63, 3.8) is 0 Å². The molecule has 1 aliphatic heterocycles. The lowest BCUT2D eigenvalue weighted by molar-refractivity contribution is 0.115. The van der Waals surface area contributed by atoms with Crippen molar-refractivity contribution in [2.75, 3.05) is 13.1 Å². The van der Waals surface area contributed by atoms with Crippen molar-refractivity contribution >= 4 is 0 Å². The van der Waals surface area contributed by atoms with E-state index in [9.17, 15) is 0 Å². The number of hydrogen-bond acceptors (Lipinski definition) is 3. The number of fused-ring (bicyclic) bond motifs is 1. The summed E-state index contributed by atoms with van der Waals surface area (Å²) in [6.45, 7) is 13.3. The van der Waals surface area contributed by atoms with Gasteiger partial charge in [-0.05, 0) is 5.92 Å². The quantitative estimate of drug-likeness (QED) is 0.864. The molecule has 0 bridgehead atoms. The minimum Gasteiger partial charge on any atom is -0.333 e. The van der Waals surface area contributed by atoms with Crippen molar-refractivity contribution in [3.05, 3.63) is 18.2 Å². The first-order valence-corrected chi connectivity index (χ1v) is 7.05. The smallest absolute Gasteiger partial charge is 0.122 e. The summed E-state index contributed by atoms with van der Waals surface area (Å²) < 4.78 is 2.27. The van der Waals surface area contributed by atoms with Gasteiger partial charge in [0.05, 0.1) is 6.54 Å². The van der Waals surface area contributed by atoms with Gasteiger partial charge in [-0.25, -0.2) is 4.98 Å². The van der Waals surface area contributed by atoms with Crippen LogP contribution in [-0.4, -0.2) is 39.6 Å². The first-order valence-electron chi connectivity index (χ1n) is 7.05. The van der Waals surface area contributed by atoms with E-state index in [-0.39, 0.29) is 0 Å². The highest BCUT2D eigenvalue weighted by Crippen LogP contribution is 2.17. The maximum Gasteiger partial charge on any atom is 0.122 e. The number of hydrogen-bond donors (Lipinski definition) is 1. The fourth-order valence-electron chi connectivity index (χ4n) is 2.62. The Hall–Kier alpha value is -0.870. The topological polar surface area (TPSA) is 33.1 Å². The SMILES string of the molecule is CC(C)NCC(C(C)C)N1CCn2ccnc2C1. The zero-order valence-electron chi connectivity index (χ0n) is 12.1. The second-order valence-electron chi connectivity index (χ2n) is 5.88. The van der Waals surface area contributed by atoms with Gasteiger partial charge >= 0.3 is 0 Å². The number of rotatable bonds is 5. The minimum atomic E-state index is 0.554. The van der Waals surface area contributed by atoms with Crippen molar-refractivity contribution in [2.45, 2.75) is 52.9 Å². The molecule has 1 unspecified atom stereocenters. The van der Waals surface area contributed by atoms with Crippen LogP contribution in [0.25, 0.3) is 0 Å². The third-order valence-electron chi connectivity index (χ3n) is 3.75. The molecule has 0 aliphatic carbocycles. The van der Waals surface area contributed by atoms with Crippen LogP contribution in [0, 0.1) is 5.92 Å². The molecule has 0 amide bonds. The number of imidazole rings is 1. The van der Waals surface area contributed by atoms with Gasteiger partial charge in [0.1, 0.15) is 5.82 Å². The Morgan fingerprint density at radius 2 is 2.06 bits per heavy atom. The highest BCUT2D eigenvalue weighted by Gasteiger charge is 2.26. The molecule has 0 radical (unpaired) electrons. The first kappa shape index (κ1) is 13.6. The summed E-state index contributed by atoms with van der Waals surface area (Å²) in [5, 5.41) is 3.57. The summed E-state index contributed by atoms with van der Waals surface area (Å²) in [6, 6.07) is 1.15. The maximum atomic E-state index is 4.44. The molecule has 1 N–H and O–H groups in total. The van der Waals surface area contributed by atoms with Crippen LogP contribution in [0.5, 0.6) is 0 Å². The molecule has 2 rings (SSSR count). The molecule has 0 spiro atoms. The van der Waals surface area contributed by atoms with E-state index in [0.29, 0.717) is 18.0 Å². The van der Waals surface area contributed by atoms with E-state index in [4.69, 9.17) is 0 Å². The summed E-state index contributed by atoms with van der Waals surface area (Å²) in [6.07, 6.45) is 4.00. The van der Waals surface area contributed by atoms with Crippen molar-refractivity contribution in [3.8, 4) is 0 Å². The molecule has 2 heterocycles. The van der Waals surface area contributed by atoms with Gasteiger partial charge in [0.15, 0.2) is 0 Å². The summed E-state index contributed by atoms with van der Waals surface area (Å²) >= 11 is 0. The molecular formula is C14H26N4. The molecule has 0 aromatic carbocycles. The number of nitrogens with zero attached hydrogens (tertiary/aromatic N) is 3. The van der Waals surface area contributed by atoms with Crippen LogP contribution < -0.4 is 5.32 Å². The van der Waals surface area contributed by atoms with Crippen molar-refractivity contribution in [2.24, 2.45) is 5.92 Å². The average molecular weight is 250 g/mol. The monoisotopic (exact) mass is 250 g/mol. The van der Waals surface area contributed by atoms with E-state index in [1.807, 2.05) is 6.20 Å². The van der Waals surface area contributed by atoms with Crippen LogP contribution in [0.1, 0.15) is 33.5 Å². The number of nitrogens with one attached hydrogen (secondary N) is 1. The summed E-state index contributed by atoms with van der Waals surface area (Å²) in [7, 11) is 0. The standard InChI is InChI=1S/C14H26N4/c1-11(2)13(9-16-12(3)4)18-8-7-17-6-5-15-14(17)10-18/h5-6,11-13,16H,7-10H2,1-4H3. The summed E-state index contributed by atoms with van der Waals surface area (Å²) in [4.78, 5) is 7.02. The molecular weight excluding hydrogens is 224 g/mol. The van der Waals surface area contributed by atoms with Gasteiger partial charge in [-0.2, -0.15) is 0 Å². The highest BCUT2D eigenvalue weighted by molar-refractivity contribution is 4.97. The Labute approximate surface area is 110 Å². The second kappa shape index (κ2) is 5.85. The predicted molar refractivity (Wildman–Crippen MR) is 74.4 cm³/mol. The van der Waals surface area contributed by atoms with E-state index >= 15 is 0 Å². The zero-order valence-corrected chi connectivity index (χ0v) is 12.1. The fraction of sp³-hybridized carbons (Fsp3) is 0.786. The van der Waals surface area contributed by atoms with Gasteiger partial charge in [0.2, 0.25) is 0 Å². The van der Waals surface area contributed by atoms with E-state index in [2.05, 4.69) is 53.7 Å². The zero-order chi connectivity index (χ0) is 13.1. The predicted octanol–water partition coefficient (Wildman–Crippen LogP) is 1.72. The lowest BCUT2D eigenvalue weighted by Crippen LogP contribution is -2.49. The second-order valence-corrected chi connectivity index (χ2v) is 5.88. The molecule has 0 saturated carbocycles. The first-order chi connectivity index (χ1) is 8.58. The van der Waals surface area contributed by atoms with Crippen LogP contribution in [0.2, 0.25) is 0 Å². The van der Waals surface area contributed by atoms with E-state index in [0.717, 1.165) is 26.2 Å². The summed E-state index contributed by atoms with van der Waals surface area (Å²) in [5.41, 5.74) is 0. The molecule has 1 aromatic rings. The molecule has 102 valence electrons. The van der Waals surface area contributed by atoms with Crippen LogP contribution >= 0.6 is 0 Å². The van der Waals surface area contributed by atoms with Crippen molar-refractivity contribution in [1.82, 2.24) is 19.8 Å². The third-order valence-corrected chi connectivity index (χ3v) is 3.75. The molecule has 1 aromatic heterocycles. The normalized spacial score (nSPS) is 18.3. The summed E-state index contributed by atoms with van der Waals surface area (Å²) in [5.74, 6) is 1.87. The van der Waals surface area contributed by atoms with Gasteiger partial charge in [-0.15, -0.1) is 0 Å². The van der Waals surface area contributed by atoms with Gasteiger partial charge in [0, 0.05) is 44.1 Å². The van der Waals surface area contributed by atoms with Crippen LogP contribution in [0.15, 0.2) is 12.4 Å². The van der Waals surface area contributed by atoms with E-state index in [1.165, 1.54) is 5.82 Å². The lowest BCUT2D eigenvalue weighted by Gasteiger charge is -2.37. The van der Waals surface area contributed by atoms with Crippen molar-refractivity contribution in [1.29, 1.82) is 0 Å². The van der Waals surface area contributed by atoms with Crippen LogP contribution in [0.4, 0.5) is 0 Å². The van der Waals surface area contributed by atoms with Gasteiger partial charge in [-0.1, -0.05) is 27.7 Å².